The number of H-pyrrole nitrogens is 1. The molecule has 0 aliphatic heterocycles. The van der Waals surface area contributed by atoms with Gasteiger partial charge in [0.25, 0.3) is 5.91 Å². The molecule has 5 rings (SSSR count). The summed E-state index contributed by atoms with van der Waals surface area (Å²) in [5, 5.41) is 14.0. The molecule has 4 aromatic heterocycles. The first-order chi connectivity index (χ1) is 14.7. The van der Waals surface area contributed by atoms with Crippen LogP contribution in [0.25, 0.3) is 22.8 Å². The first-order valence-electron chi connectivity index (χ1n) is 9.68. The van der Waals surface area contributed by atoms with Gasteiger partial charge in [0.15, 0.2) is 17.3 Å². The van der Waals surface area contributed by atoms with Crippen LogP contribution in [0, 0.1) is 0 Å². The van der Waals surface area contributed by atoms with Crippen LogP contribution in [0.15, 0.2) is 58.2 Å². The van der Waals surface area contributed by atoms with Crippen molar-refractivity contribution in [1.29, 1.82) is 0 Å². The van der Waals surface area contributed by atoms with Gasteiger partial charge in [-0.05, 0) is 37.1 Å². The van der Waals surface area contributed by atoms with Crippen LogP contribution in [0.5, 0.6) is 0 Å². The highest BCUT2D eigenvalue weighted by Gasteiger charge is 2.30. The topological polar surface area (TPSA) is 124 Å². The highest BCUT2D eigenvalue weighted by molar-refractivity contribution is 5.93. The maximum atomic E-state index is 12.8. The summed E-state index contributed by atoms with van der Waals surface area (Å²) in [5.74, 6) is 0.866. The van der Waals surface area contributed by atoms with Gasteiger partial charge in [-0.25, -0.2) is 9.48 Å². The van der Waals surface area contributed by atoms with E-state index in [1.807, 2.05) is 12.1 Å². The van der Waals surface area contributed by atoms with Gasteiger partial charge in [0.2, 0.25) is 0 Å². The van der Waals surface area contributed by atoms with Crippen LogP contribution in [-0.2, 0) is 6.54 Å². The summed E-state index contributed by atoms with van der Waals surface area (Å²) in [6, 6.07) is 9.03. The number of carbonyl (C=O) groups excluding carboxylic acids is 1. The number of amides is 1. The average Bonchev–Trinajstić information content (AvgIpc) is 3.17. The molecule has 2 N–H and O–H groups in total. The van der Waals surface area contributed by atoms with Crippen LogP contribution in [0.1, 0.15) is 29.4 Å². The lowest BCUT2D eigenvalue weighted by Crippen LogP contribution is -2.32. The molecule has 0 spiro atoms. The van der Waals surface area contributed by atoms with Crippen LogP contribution in [-0.4, -0.2) is 42.0 Å². The van der Waals surface area contributed by atoms with Crippen molar-refractivity contribution in [3.63, 3.8) is 0 Å². The van der Waals surface area contributed by atoms with E-state index in [0.29, 0.717) is 17.3 Å². The van der Waals surface area contributed by atoms with Gasteiger partial charge in [-0.2, -0.15) is 5.10 Å². The maximum Gasteiger partial charge on any atom is 0.346 e. The fraction of sp³-hybridized carbons (Fsp3) is 0.250. The number of rotatable bonds is 7. The number of hydrogen-bond acceptors (Lipinski definition) is 6. The Morgan fingerprint density at radius 1 is 1.30 bits per heavy atom. The Bertz CT molecular complexity index is 1220. The van der Waals surface area contributed by atoms with Crippen molar-refractivity contribution in [1.82, 2.24) is 34.8 Å². The molecule has 0 aromatic carbocycles. The molecule has 152 valence electrons. The zero-order chi connectivity index (χ0) is 20.5. The number of furan rings is 1. The number of aromatic amines is 1. The van der Waals surface area contributed by atoms with Crippen molar-refractivity contribution in [3.05, 3.63) is 65.2 Å². The quantitative estimate of drug-likeness (QED) is 0.484. The third-order valence-electron chi connectivity index (χ3n) is 4.91. The average molecular weight is 405 g/mol. The number of nitrogens with zero attached hydrogens (tertiary/aromatic N) is 5. The molecule has 4 heterocycles. The molecule has 0 unspecified atom stereocenters. The van der Waals surface area contributed by atoms with E-state index in [1.54, 1.807) is 41.4 Å². The number of hydrogen-bond donors (Lipinski definition) is 2. The second-order valence-electron chi connectivity index (χ2n) is 7.07. The predicted octanol–water partition coefficient (Wildman–Crippen LogP) is 1.85. The summed E-state index contributed by atoms with van der Waals surface area (Å²) in [4.78, 5) is 29.3. The largest absolute Gasteiger partial charge is 0.463 e. The zero-order valence-electron chi connectivity index (χ0n) is 16.0. The van der Waals surface area contributed by atoms with Gasteiger partial charge in [0, 0.05) is 36.6 Å². The Morgan fingerprint density at radius 3 is 2.93 bits per heavy atom. The molecule has 0 saturated heterocycles. The van der Waals surface area contributed by atoms with Crippen molar-refractivity contribution < 1.29 is 9.21 Å². The second kappa shape index (κ2) is 7.47. The molecular weight excluding hydrogens is 386 g/mol. The predicted molar refractivity (Wildman–Crippen MR) is 107 cm³/mol. The summed E-state index contributed by atoms with van der Waals surface area (Å²) in [7, 11) is 0. The number of aromatic nitrogens is 6. The Kier molecular flexibility index (Phi) is 4.51. The van der Waals surface area contributed by atoms with Crippen LogP contribution >= 0.6 is 0 Å². The minimum Gasteiger partial charge on any atom is -0.463 e. The summed E-state index contributed by atoms with van der Waals surface area (Å²) in [6.45, 7) is 0.503. The summed E-state index contributed by atoms with van der Waals surface area (Å²) < 4.78 is 8.40. The van der Waals surface area contributed by atoms with Gasteiger partial charge in [-0.1, -0.05) is 0 Å². The van der Waals surface area contributed by atoms with Gasteiger partial charge in [-0.3, -0.25) is 19.4 Å². The molecule has 1 aliphatic rings. The van der Waals surface area contributed by atoms with E-state index in [4.69, 9.17) is 4.42 Å². The van der Waals surface area contributed by atoms with E-state index >= 15 is 0 Å². The van der Waals surface area contributed by atoms with Gasteiger partial charge in [0.05, 0.1) is 12.8 Å². The minimum atomic E-state index is -0.341. The highest BCUT2D eigenvalue weighted by Crippen LogP contribution is 2.36. The van der Waals surface area contributed by atoms with Gasteiger partial charge >= 0.3 is 5.69 Å². The first kappa shape index (κ1) is 18.1. The van der Waals surface area contributed by atoms with Crippen molar-refractivity contribution >= 4 is 5.91 Å². The highest BCUT2D eigenvalue weighted by atomic mass is 16.3. The smallest absolute Gasteiger partial charge is 0.346 e. The van der Waals surface area contributed by atoms with Gasteiger partial charge in [-0.15, -0.1) is 5.10 Å². The van der Waals surface area contributed by atoms with Crippen LogP contribution in [0.3, 0.4) is 0 Å². The molecule has 1 fully saturated rings. The standard InChI is InChI=1S/C20H19N7O3/c28-19(16-11-15(23-24-16)17-4-2-10-30-17)22-8-9-26-20(29)27(14-5-6-14)18(25-26)13-3-1-7-21-12-13/h1-4,7,10-12,14H,5-6,8-9H2,(H,22,28)(H,23,24). The summed E-state index contributed by atoms with van der Waals surface area (Å²) >= 11 is 0. The SMILES string of the molecule is O=C(NCCn1nc(-c2cccnc2)n(C2CC2)c1=O)c1cc(-c2ccco2)[nH]n1. The molecule has 0 atom stereocenters. The molecule has 1 amide bonds. The van der Waals surface area contributed by atoms with Gasteiger partial charge < -0.3 is 9.73 Å². The Hall–Kier alpha value is -3.95. The first-order valence-corrected chi connectivity index (χ1v) is 9.68. The van der Waals surface area contributed by atoms with E-state index in [9.17, 15) is 9.59 Å². The molecule has 0 radical (unpaired) electrons. The van der Waals surface area contributed by atoms with Crippen molar-refractivity contribution in [2.45, 2.75) is 25.4 Å². The van der Waals surface area contributed by atoms with Gasteiger partial charge in [0.1, 0.15) is 5.69 Å². The minimum absolute atomic E-state index is 0.175. The van der Waals surface area contributed by atoms with E-state index in [1.165, 1.54) is 4.68 Å². The molecule has 10 heteroatoms. The van der Waals surface area contributed by atoms with Crippen LogP contribution < -0.4 is 11.0 Å². The molecular formula is C20H19N7O3. The Morgan fingerprint density at radius 2 is 2.20 bits per heavy atom. The van der Waals surface area contributed by atoms with E-state index in [-0.39, 0.29) is 36.4 Å². The summed E-state index contributed by atoms with van der Waals surface area (Å²) in [6.07, 6.45) is 6.86. The van der Waals surface area contributed by atoms with Crippen LogP contribution in [0.2, 0.25) is 0 Å². The lowest BCUT2D eigenvalue weighted by molar-refractivity contribution is 0.0946. The number of carbonyl (C=O) groups is 1. The number of nitrogens with one attached hydrogen (secondary N) is 2. The molecule has 4 aromatic rings. The molecule has 1 saturated carbocycles. The fourth-order valence-electron chi connectivity index (χ4n) is 3.28. The maximum absolute atomic E-state index is 12.8. The normalized spacial score (nSPS) is 13.5. The summed E-state index contributed by atoms with van der Waals surface area (Å²) in [5.41, 5.74) is 1.48. The lowest BCUT2D eigenvalue weighted by Gasteiger charge is -2.02. The molecule has 1 aliphatic carbocycles. The lowest BCUT2D eigenvalue weighted by atomic mass is 10.3. The van der Waals surface area contributed by atoms with Crippen molar-refractivity contribution in [3.8, 4) is 22.8 Å². The zero-order valence-corrected chi connectivity index (χ0v) is 16.0. The van der Waals surface area contributed by atoms with Crippen molar-refractivity contribution in [2.75, 3.05) is 6.54 Å². The van der Waals surface area contributed by atoms with E-state index in [0.717, 1.165) is 18.4 Å². The second-order valence-corrected chi connectivity index (χ2v) is 7.07. The Labute approximate surface area is 170 Å². The monoisotopic (exact) mass is 405 g/mol. The third kappa shape index (κ3) is 3.43. The van der Waals surface area contributed by atoms with Crippen LogP contribution in [0.4, 0.5) is 0 Å². The van der Waals surface area contributed by atoms with E-state index < -0.39 is 0 Å². The third-order valence-corrected chi connectivity index (χ3v) is 4.91. The molecule has 30 heavy (non-hydrogen) atoms. The fourth-order valence-corrected chi connectivity index (χ4v) is 3.28. The number of pyridine rings is 1. The molecule has 0 bridgehead atoms. The van der Waals surface area contributed by atoms with E-state index in [2.05, 4.69) is 25.6 Å². The Balaban J connectivity index is 1.28. The van der Waals surface area contributed by atoms with Crippen molar-refractivity contribution in [2.24, 2.45) is 0 Å². The molecule has 10 nitrogen and oxygen atoms in total.